The van der Waals surface area contributed by atoms with Crippen LogP contribution in [0.15, 0.2) is 0 Å². The summed E-state index contributed by atoms with van der Waals surface area (Å²) >= 11 is 0. The van der Waals surface area contributed by atoms with Crippen LogP contribution in [0.1, 0.15) is 53.4 Å². The molecule has 0 bridgehead atoms. The van der Waals surface area contributed by atoms with Crippen molar-refractivity contribution < 1.29 is 9.59 Å². The number of carbonyl (C=O) groups is 2. The van der Waals surface area contributed by atoms with Crippen LogP contribution in [0.5, 0.6) is 0 Å². The molecule has 2 aliphatic rings. The molecule has 0 aromatic rings. The molecule has 0 aromatic carbocycles. The number of hydrogen-bond acceptors (Lipinski definition) is 2. The van der Waals surface area contributed by atoms with Crippen LogP contribution in [-0.2, 0) is 9.59 Å². The van der Waals surface area contributed by atoms with E-state index in [1.54, 1.807) is 0 Å². The molecule has 0 saturated carbocycles. The zero-order valence-corrected chi connectivity index (χ0v) is 14.0. The first-order chi connectivity index (χ1) is 9.91. The molecule has 120 valence electrons. The molecule has 21 heavy (non-hydrogen) atoms. The zero-order chi connectivity index (χ0) is 15.6. The number of nitrogens with zero attached hydrogens (tertiary/aromatic N) is 2. The largest absolute Gasteiger partial charge is 0.342 e. The Kier molecular flexibility index (Phi) is 5.28. The first-order valence-electron chi connectivity index (χ1n) is 8.51. The summed E-state index contributed by atoms with van der Waals surface area (Å²) in [5, 5.41) is 0. The minimum Gasteiger partial charge on any atom is -0.342 e. The quantitative estimate of drug-likeness (QED) is 0.802. The predicted octanol–water partition coefficient (Wildman–Crippen LogP) is 2.53. The van der Waals surface area contributed by atoms with Gasteiger partial charge in [0.05, 0.1) is 5.92 Å². The van der Waals surface area contributed by atoms with Crippen molar-refractivity contribution in [3.63, 3.8) is 0 Å². The highest BCUT2D eigenvalue weighted by atomic mass is 16.2. The van der Waals surface area contributed by atoms with Crippen molar-refractivity contribution in [3.05, 3.63) is 0 Å². The topological polar surface area (TPSA) is 40.6 Å². The third kappa shape index (κ3) is 3.58. The second kappa shape index (κ2) is 6.80. The molecule has 0 spiro atoms. The van der Waals surface area contributed by atoms with E-state index in [9.17, 15) is 9.59 Å². The molecule has 2 amide bonds. The van der Waals surface area contributed by atoms with Crippen LogP contribution in [0.4, 0.5) is 0 Å². The molecule has 2 aliphatic heterocycles. The lowest BCUT2D eigenvalue weighted by atomic mass is 9.94. The van der Waals surface area contributed by atoms with Crippen molar-refractivity contribution >= 4 is 11.8 Å². The SMILES string of the molecule is CC(C)C(=O)N1CCC[C@@H](C(=O)N2CCC[C@H]2C(C)C)C1. The van der Waals surface area contributed by atoms with Crippen molar-refractivity contribution in [2.75, 3.05) is 19.6 Å². The normalized spacial score (nSPS) is 26.8. The Morgan fingerprint density at radius 3 is 2.29 bits per heavy atom. The number of piperidine rings is 1. The van der Waals surface area contributed by atoms with E-state index in [4.69, 9.17) is 0 Å². The average Bonchev–Trinajstić information content (AvgIpc) is 2.95. The van der Waals surface area contributed by atoms with E-state index in [2.05, 4.69) is 18.7 Å². The lowest BCUT2D eigenvalue weighted by Crippen LogP contribution is -2.49. The van der Waals surface area contributed by atoms with E-state index < -0.39 is 0 Å². The summed E-state index contributed by atoms with van der Waals surface area (Å²) in [7, 11) is 0. The van der Waals surface area contributed by atoms with Crippen molar-refractivity contribution in [2.45, 2.75) is 59.4 Å². The van der Waals surface area contributed by atoms with Crippen molar-refractivity contribution in [1.29, 1.82) is 0 Å². The monoisotopic (exact) mass is 294 g/mol. The minimum absolute atomic E-state index is 0.0146. The van der Waals surface area contributed by atoms with E-state index >= 15 is 0 Å². The summed E-state index contributed by atoms with van der Waals surface area (Å²) in [6, 6.07) is 0.397. The third-order valence-electron chi connectivity index (χ3n) is 4.93. The molecule has 2 fully saturated rings. The molecule has 0 aliphatic carbocycles. The molecule has 2 saturated heterocycles. The molecule has 4 nitrogen and oxygen atoms in total. The lowest BCUT2D eigenvalue weighted by molar-refractivity contribution is -0.143. The van der Waals surface area contributed by atoms with Gasteiger partial charge in [0.2, 0.25) is 11.8 Å². The van der Waals surface area contributed by atoms with Gasteiger partial charge in [0.25, 0.3) is 0 Å². The fraction of sp³-hybridized carbons (Fsp3) is 0.882. The molecule has 4 heteroatoms. The van der Waals surface area contributed by atoms with Crippen LogP contribution in [0.25, 0.3) is 0 Å². The standard InChI is InChI=1S/C17H30N2O2/c1-12(2)15-8-6-10-19(15)17(21)14-7-5-9-18(11-14)16(20)13(3)4/h12-15H,5-11H2,1-4H3/t14-,15+/m1/s1. The van der Waals surface area contributed by atoms with E-state index in [0.717, 1.165) is 38.8 Å². The second-order valence-corrected chi connectivity index (χ2v) is 7.26. The Morgan fingerprint density at radius 1 is 1.00 bits per heavy atom. The smallest absolute Gasteiger partial charge is 0.227 e. The Balaban J connectivity index is 2.00. The first-order valence-corrected chi connectivity index (χ1v) is 8.51. The summed E-state index contributed by atoms with van der Waals surface area (Å²) in [5.41, 5.74) is 0. The first kappa shape index (κ1) is 16.3. The predicted molar refractivity (Wildman–Crippen MR) is 83.7 cm³/mol. The van der Waals surface area contributed by atoms with Gasteiger partial charge in [-0.05, 0) is 31.6 Å². The van der Waals surface area contributed by atoms with E-state index in [0.29, 0.717) is 18.5 Å². The van der Waals surface area contributed by atoms with Crippen molar-refractivity contribution in [3.8, 4) is 0 Å². The van der Waals surface area contributed by atoms with Crippen LogP contribution < -0.4 is 0 Å². The van der Waals surface area contributed by atoms with E-state index in [1.165, 1.54) is 0 Å². The summed E-state index contributed by atoms with van der Waals surface area (Å²) < 4.78 is 0. The molecule has 0 aromatic heterocycles. The number of rotatable bonds is 3. The third-order valence-corrected chi connectivity index (χ3v) is 4.93. The zero-order valence-electron chi connectivity index (χ0n) is 14.0. The fourth-order valence-electron chi connectivity index (χ4n) is 3.74. The van der Waals surface area contributed by atoms with Crippen molar-refractivity contribution in [1.82, 2.24) is 9.80 Å². The number of hydrogen-bond donors (Lipinski definition) is 0. The molecule has 0 N–H and O–H groups in total. The molecule has 2 heterocycles. The van der Waals surface area contributed by atoms with Crippen LogP contribution in [-0.4, -0.2) is 47.3 Å². The van der Waals surface area contributed by atoms with Gasteiger partial charge in [0.1, 0.15) is 0 Å². The Morgan fingerprint density at radius 2 is 1.67 bits per heavy atom. The van der Waals surface area contributed by atoms with Gasteiger partial charge in [-0.25, -0.2) is 0 Å². The average molecular weight is 294 g/mol. The van der Waals surface area contributed by atoms with Gasteiger partial charge < -0.3 is 9.80 Å². The summed E-state index contributed by atoms with van der Waals surface area (Å²) in [6.07, 6.45) is 4.14. The Hall–Kier alpha value is -1.06. The van der Waals surface area contributed by atoms with Crippen LogP contribution in [0, 0.1) is 17.8 Å². The van der Waals surface area contributed by atoms with Gasteiger partial charge >= 0.3 is 0 Å². The van der Waals surface area contributed by atoms with Crippen molar-refractivity contribution in [2.24, 2.45) is 17.8 Å². The van der Waals surface area contributed by atoms with Crippen LogP contribution >= 0.6 is 0 Å². The van der Waals surface area contributed by atoms with Crippen LogP contribution in [0.2, 0.25) is 0 Å². The molecule has 2 atom stereocenters. The van der Waals surface area contributed by atoms with Gasteiger partial charge in [-0.15, -0.1) is 0 Å². The van der Waals surface area contributed by atoms with Gasteiger partial charge in [-0.3, -0.25) is 9.59 Å². The molecule has 0 radical (unpaired) electrons. The van der Waals surface area contributed by atoms with Gasteiger partial charge in [-0.1, -0.05) is 27.7 Å². The Labute approximate surface area is 128 Å². The molecule has 2 rings (SSSR count). The second-order valence-electron chi connectivity index (χ2n) is 7.26. The van der Waals surface area contributed by atoms with E-state index in [-0.39, 0.29) is 23.7 Å². The van der Waals surface area contributed by atoms with Gasteiger partial charge in [-0.2, -0.15) is 0 Å². The molecular weight excluding hydrogens is 264 g/mol. The summed E-state index contributed by atoms with van der Waals surface area (Å²) in [5.74, 6) is 1.03. The Bertz CT molecular complexity index is 392. The molecular formula is C17H30N2O2. The maximum Gasteiger partial charge on any atom is 0.227 e. The lowest BCUT2D eigenvalue weighted by Gasteiger charge is -2.37. The minimum atomic E-state index is 0.0146. The van der Waals surface area contributed by atoms with Gasteiger partial charge in [0, 0.05) is 31.6 Å². The number of carbonyl (C=O) groups excluding carboxylic acids is 2. The maximum atomic E-state index is 12.8. The highest BCUT2D eigenvalue weighted by Crippen LogP contribution is 2.28. The number of likely N-dealkylation sites (tertiary alicyclic amines) is 2. The highest BCUT2D eigenvalue weighted by molar-refractivity contribution is 5.82. The maximum absolute atomic E-state index is 12.8. The number of amides is 2. The molecule has 0 unspecified atom stereocenters. The summed E-state index contributed by atoms with van der Waals surface area (Å²) in [4.78, 5) is 29.0. The van der Waals surface area contributed by atoms with Gasteiger partial charge in [0.15, 0.2) is 0 Å². The van der Waals surface area contributed by atoms with Crippen LogP contribution in [0.3, 0.4) is 0 Å². The fourth-order valence-corrected chi connectivity index (χ4v) is 3.74. The highest BCUT2D eigenvalue weighted by Gasteiger charge is 2.37. The summed E-state index contributed by atoms with van der Waals surface area (Å²) in [6.45, 7) is 10.6. The van der Waals surface area contributed by atoms with E-state index in [1.807, 2.05) is 18.7 Å².